The second-order valence-corrected chi connectivity index (χ2v) is 8.24. The van der Waals surface area contributed by atoms with E-state index in [1.807, 2.05) is 0 Å². The first-order valence-electron chi connectivity index (χ1n) is 9.53. The summed E-state index contributed by atoms with van der Waals surface area (Å²) in [6.45, 7) is 0.867. The molecule has 0 amide bonds. The molecular formula is C19H30N2O2. The second-order valence-electron chi connectivity index (χ2n) is 8.24. The minimum absolute atomic E-state index is 0.0384. The lowest BCUT2D eigenvalue weighted by Gasteiger charge is -2.24. The second kappa shape index (κ2) is 6.56. The summed E-state index contributed by atoms with van der Waals surface area (Å²) in [5.41, 5.74) is 1.18. The highest BCUT2D eigenvalue weighted by Crippen LogP contribution is 2.45. The van der Waals surface area contributed by atoms with Crippen LogP contribution in [0.3, 0.4) is 0 Å². The van der Waals surface area contributed by atoms with Crippen LogP contribution >= 0.6 is 0 Å². The van der Waals surface area contributed by atoms with Crippen LogP contribution in [0.25, 0.3) is 0 Å². The zero-order chi connectivity index (χ0) is 15.8. The molecule has 3 fully saturated rings. The molecule has 1 aromatic rings. The molecule has 0 radical (unpaired) electrons. The molecule has 0 bridgehead atoms. The van der Waals surface area contributed by atoms with Crippen LogP contribution in [0.1, 0.15) is 75.2 Å². The molecule has 4 heteroatoms. The molecule has 128 valence electrons. The van der Waals surface area contributed by atoms with Gasteiger partial charge in [0.2, 0.25) is 0 Å². The van der Waals surface area contributed by atoms with Gasteiger partial charge in [0.25, 0.3) is 0 Å². The van der Waals surface area contributed by atoms with Crippen molar-refractivity contribution in [1.82, 2.24) is 10.1 Å². The first kappa shape index (κ1) is 15.6. The molecule has 4 rings (SSSR count). The van der Waals surface area contributed by atoms with Gasteiger partial charge in [-0.1, -0.05) is 24.4 Å². The quantitative estimate of drug-likeness (QED) is 0.919. The number of aliphatic hydroxyl groups is 1. The normalized spacial score (nSPS) is 35.1. The van der Waals surface area contributed by atoms with Crippen LogP contribution < -0.4 is 0 Å². The van der Waals surface area contributed by atoms with E-state index in [1.54, 1.807) is 0 Å². The van der Waals surface area contributed by atoms with Crippen molar-refractivity contribution in [3.8, 4) is 0 Å². The molecule has 1 heterocycles. The van der Waals surface area contributed by atoms with E-state index in [4.69, 9.17) is 4.52 Å². The standard InChI is InChI=1S/C19H30N2O2/c1-21(16-7-14-9-17(22)10-15(14)8-16)12-18-11-19(20-23-18)13-5-3-2-4-6-13/h11,13-17,22H,2-10,12H2,1H3/t14-,15+,16?,17?. The summed E-state index contributed by atoms with van der Waals surface area (Å²) < 4.78 is 5.63. The van der Waals surface area contributed by atoms with E-state index in [0.29, 0.717) is 12.0 Å². The summed E-state index contributed by atoms with van der Waals surface area (Å²) in [6, 6.07) is 2.84. The van der Waals surface area contributed by atoms with Crippen molar-refractivity contribution >= 4 is 0 Å². The van der Waals surface area contributed by atoms with Crippen LogP contribution in [0.15, 0.2) is 10.6 Å². The third-order valence-electron chi connectivity index (χ3n) is 6.60. The maximum absolute atomic E-state index is 9.78. The van der Waals surface area contributed by atoms with Crippen LogP contribution in [0.2, 0.25) is 0 Å². The Hall–Kier alpha value is -0.870. The molecule has 3 aliphatic carbocycles. The smallest absolute Gasteiger partial charge is 0.150 e. The Bertz CT molecular complexity index is 509. The minimum Gasteiger partial charge on any atom is -0.393 e. The predicted molar refractivity (Wildman–Crippen MR) is 89.0 cm³/mol. The average Bonchev–Trinajstić information content (AvgIpc) is 3.22. The van der Waals surface area contributed by atoms with Crippen molar-refractivity contribution in [2.45, 2.75) is 82.4 Å². The third kappa shape index (κ3) is 3.34. The van der Waals surface area contributed by atoms with Gasteiger partial charge < -0.3 is 9.63 Å². The topological polar surface area (TPSA) is 49.5 Å². The Balaban J connectivity index is 1.32. The molecule has 0 spiro atoms. The Morgan fingerprint density at radius 2 is 1.83 bits per heavy atom. The largest absolute Gasteiger partial charge is 0.393 e. The maximum atomic E-state index is 9.78. The fourth-order valence-electron chi connectivity index (χ4n) is 5.28. The van der Waals surface area contributed by atoms with Gasteiger partial charge in [0.1, 0.15) is 0 Å². The molecule has 4 nitrogen and oxygen atoms in total. The maximum Gasteiger partial charge on any atom is 0.150 e. The van der Waals surface area contributed by atoms with Crippen molar-refractivity contribution in [2.75, 3.05) is 7.05 Å². The van der Waals surface area contributed by atoms with E-state index >= 15 is 0 Å². The average molecular weight is 318 g/mol. The Morgan fingerprint density at radius 3 is 2.52 bits per heavy atom. The van der Waals surface area contributed by atoms with Gasteiger partial charge >= 0.3 is 0 Å². The fourth-order valence-corrected chi connectivity index (χ4v) is 5.28. The highest BCUT2D eigenvalue weighted by Gasteiger charge is 2.42. The van der Waals surface area contributed by atoms with Gasteiger partial charge in [-0.25, -0.2) is 0 Å². The summed E-state index contributed by atoms with van der Waals surface area (Å²) >= 11 is 0. The SMILES string of the molecule is CN(Cc1cc(C2CCCCC2)no1)C1C[C@H]2CC(O)C[C@H]2C1. The van der Waals surface area contributed by atoms with Crippen LogP contribution in [0.4, 0.5) is 0 Å². The van der Waals surface area contributed by atoms with Crippen molar-refractivity contribution in [3.05, 3.63) is 17.5 Å². The molecule has 4 atom stereocenters. The van der Waals surface area contributed by atoms with Crippen molar-refractivity contribution < 1.29 is 9.63 Å². The van der Waals surface area contributed by atoms with E-state index in [1.165, 1.54) is 50.6 Å². The summed E-state index contributed by atoms with van der Waals surface area (Å²) in [7, 11) is 2.21. The summed E-state index contributed by atoms with van der Waals surface area (Å²) in [6.07, 6.45) is 11.1. The monoisotopic (exact) mass is 318 g/mol. The summed E-state index contributed by atoms with van der Waals surface area (Å²) in [5, 5.41) is 14.1. The number of rotatable bonds is 4. The molecule has 0 aliphatic heterocycles. The van der Waals surface area contributed by atoms with E-state index in [9.17, 15) is 5.11 Å². The summed E-state index contributed by atoms with van der Waals surface area (Å²) in [4.78, 5) is 2.44. The molecule has 3 saturated carbocycles. The Morgan fingerprint density at radius 1 is 1.13 bits per heavy atom. The summed E-state index contributed by atoms with van der Waals surface area (Å²) in [5.74, 6) is 3.12. The van der Waals surface area contributed by atoms with E-state index < -0.39 is 0 Å². The van der Waals surface area contributed by atoms with Gasteiger partial charge in [-0.2, -0.15) is 0 Å². The Kier molecular flexibility index (Phi) is 4.46. The number of aromatic nitrogens is 1. The number of hydrogen-bond donors (Lipinski definition) is 1. The zero-order valence-electron chi connectivity index (χ0n) is 14.3. The van der Waals surface area contributed by atoms with Gasteiger partial charge in [-0.05, 0) is 57.4 Å². The lowest BCUT2D eigenvalue weighted by Crippen LogP contribution is -2.29. The van der Waals surface area contributed by atoms with E-state index in [2.05, 4.69) is 23.2 Å². The van der Waals surface area contributed by atoms with Crippen molar-refractivity contribution in [3.63, 3.8) is 0 Å². The van der Waals surface area contributed by atoms with E-state index in [0.717, 1.165) is 37.0 Å². The molecule has 0 aromatic carbocycles. The molecular weight excluding hydrogens is 288 g/mol. The van der Waals surface area contributed by atoms with Gasteiger partial charge in [-0.15, -0.1) is 0 Å². The first-order chi connectivity index (χ1) is 11.2. The lowest BCUT2D eigenvalue weighted by atomic mass is 9.87. The highest BCUT2D eigenvalue weighted by atomic mass is 16.5. The highest BCUT2D eigenvalue weighted by molar-refractivity contribution is 5.11. The zero-order valence-corrected chi connectivity index (χ0v) is 14.3. The van der Waals surface area contributed by atoms with E-state index in [-0.39, 0.29) is 6.10 Å². The molecule has 1 aromatic heterocycles. The number of fused-ring (bicyclic) bond motifs is 1. The predicted octanol–water partition coefficient (Wildman–Crippen LogP) is 3.70. The van der Waals surface area contributed by atoms with Crippen LogP contribution in [-0.2, 0) is 6.54 Å². The first-order valence-corrected chi connectivity index (χ1v) is 9.53. The van der Waals surface area contributed by atoms with Gasteiger partial charge in [0.15, 0.2) is 5.76 Å². The molecule has 2 unspecified atom stereocenters. The van der Waals surface area contributed by atoms with Crippen LogP contribution in [-0.4, -0.2) is 34.4 Å². The van der Waals surface area contributed by atoms with Crippen molar-refractivity contribution in [1.29, 1.82) is 0 Å². The number of aliphatic hydroxyl groups excluding tert-OH is 1. The van der Waals surface area contributed by atoms with Gasteiger partial charge in [0.05, 0.1) is 18.3 Å². The molecule has 1 N–H and O–H groups in total. The Labute approximate surface area is 139 Å². The van der Waals surface area contributed by atoms with Crippen molar-refractivity contribution in [2.24, 2.45) is 11.8 Å². The molecule has 0 saturated heterocycles. The minimum atomic E-state index is -0.0384. The fraction of sp³-hybridized carbons (Fsp3) is 0.842. The van der Waals surface area contributed by atoms with Crippen LogP contribution in [0.5, 0.6) is 0 Å². The molecule has 3 aliphatic rings. The van der Waals surface area contributed by atoms with Crippen LogP contribution in [0, 0.1) is 11.8 Å². The van der Waals surface area contributed by atoms with Gasteiger partial charge in [0, 0.05) is 18.0 Å². The number of nitrogens with zero attached hydrogens (tertiary/aromatic N) is 2. The molecule has 23 heavy (non-hydrogen) atoms. The third-order valence-corrected chi connectivity index (χ3v) is 6.60. The van der Waals surface area contributed by atoms with Gasteiger partial charge in [-0.3, -0.25) is 4.90 Å². The number of hydrogen-bond acceptors (Lipinski definition) is 4. The lowest BCUT2D eigenvalue weighted by molar-refractivity contribution is 0.154.